The van der Waals surface area contributed by atoms with Crippen molar-refractivity contribution in [1.82, 2.24) is 9.88 Å². The molecule has 1 aromatic rings. The molecule has 1 aromatic heterocycles. The molecule has 0 aromatic carbocycles. The lowest BCUT2D eigenvalue weighted by Gasteiger charge is -2.30. The van der Waals surface area contributed by atoms with E-state index in [-0.39, 0.29) is 0 Å². The van der Waals surface area contributed by atoms with Gasteiger partial charge in [0.05, 0.1) is 0 Å². The number of nitrogens with zero attached hydrogens (tertiary/aromatic N) is 3. The fraction of sp³-hybridized carbons (Fsp3) is 0.706. The molecule has 0 N–H and O–H groups in total. The molecule has 20 heavy (non-hydrogen) atoms. The van der Waals surface area contributed by atoms with E-state index >= 15 is 0 Å². The molecule has 0 bridgehead atoms. The standard InChI is InChI=1S/C17H27N3/c1-14(2)20-12-6-7-16(20)15-8-9-17(18-13-15)19-10-4-3-5-11-19/h8-9,13-14,16H,3-7,10-12H2,1-2H3. The van der Waals surface area contributed by atoms with Crippen molar-refractivity contribution in [3.05, 3.63) is 23.9 Å². The van der Waals surface area contributed by atoms with Gasteiger partial charge in [0.15, 0.2) is 0 Å². The van der Waals surface area contributed by atoms with Crippen LogP contribution in [0.5, 0.6) is 0 Å². The van der Waals surface area contributed by atoms with Crippen molar-refractivity contribution in [2.45, 2.75) is 58.0 Å². The Morgan fingerprint density at radius 1 is 1.05 bits per heavy atom. The van der Waals surface area contributed by atoms with Crippen LogP contribution < -0.4 is 4.90 Å². The van der Waals surface area contributed by atoms with Gasteiger partial charge < -0.3 is 4.90 Å². The smallest absolute Gasteiger partial charge is 0.128 e. The number of rotatable bonds is 3. The molecule has 2 saturated heterocycles. The SMILES string of the molecule is CC(C)N1CCCC1c1ccc(N2CCCCC2)nc1. The summed E-state index contributed by atoms with van der Waals surface area (Å²) in [6.07, 6.45) is 8.72. The van der Waals surface area contributed by atoms with Crippen molar-refractivity contribution < 1.29 is 0 Å². The van der Waals surface area contributed by atoms with Crippen LogP contribution >= 0.6 is 0 Å². The Balaban J connectivity index is 1.72. The molecule has 3 nitrogen and oxygen atoms in total. The van der Waals surface area contributed by atoms with Crippen LogP contribution in [0.2, 0.25) is 0 Å². The van der Waals surface area contributed by atoms with Crippen LogP contribution in [0.15, 0.2) is 18.3 Å². The first-order chi connectivity index (χ1) is 9.75. The molecule has 110 valence electrons. The second kappa shape index (κ2) is 6.13. The summed E-state index contributed by atoms with van der Waals surface area (Å²) in [6.45, 7) is 8.18. The number of pyridine rings is 1. The van der Waals surface area contributed by atoms with E-state index in [0.29, 0.717) is 12.1 Å². The average Bonchev–Trinajstić information content (AvgIpc) is 2.98. The van der Waals surface area contributed by atoms with Gasteiger partial charge in [0, 0.05) is 31.4 Å². The first-order valence-corrected chi connectivity index (χ1v) is 8.22. The molecule has 0 aliphatic carbocycles. The van der Waals surface area contributed by atoms with Crippen molar-refractivity contribution in [2.75, 3.05) is 24.5 Å². The quantitative estimate of drug-likeness (QED) is 0.838. The molecule has 1 atom stereocenters. The molecular weight excluding hydrogens is 246 g/mol. The third-order valence-electron chi connectivity index (χ3n) is 4.79. The van der Waals surface area contributed by atoms with E-state index in [1.165, 1.54) is 63.1 Å². The van der Waals surface area contributed by atoms with E-state index in [4.69, 9.17) is 4.98 Å². The third-order valence-corrected chi connectivity index (χ3v) is 4.79. The Bertz CT molecular complexity index is 420. The number of piperidine rings is 1. The molecule has 0 amide bonds. The number of aromatic nitrogens is 1. The molecule has 2 aliphatic heterocycles. The molecule has 2 aliphatic rings. The predicted octanol–water partition coefficient (Wildman–Crippen LogP) is 3.62. The maximum absolute atomic E-state index is 4.74. The average molecular weight is 273 g/mol. The fourth-order valence-corrected chi connectivity index (χ4v) is 3.67. The van der Waals surface area contributed by atoms with Gasteiger partial charge in [0.2, 0.25) is 0 Å². The van der Waals surface area contributed by atoms with Crippen LogP contribution in [0.1, 0.15) is 57.6 Å². The minimum atomic E-state index is 0.581. The van der Waals surface area contributed by atoms with Crippen molar-refractivity contribution in [2.24, 2.45) is 0 Å². The Morgan fingerprint density at radius 3 is 2.50 bits per heavy atom. The van der Waals surface area contributed by atoms with Gasteiger partial charge in [0.1, 0.15) is 5.82 Å². The van der Waals surface area contributed by atoms with Gasteiger partial charge in [-0.15, -0.1) is 0 Å². The van der Waals surface area contributed by atoms with Gasteiger partial charge in [-0.05, 0) is 64.1 Å². The monoisotopic (exact) mass is 273 g/mol. The largest absolute Gasteiger partial charge is 0.357 e. The van der Waals surface area contributed by atoms with E-state index in [9.17, 15) is 0 Å². The summed E-state index contributed by atoms with van der Waals surface area (Å²) in [5.74, 6) is 1.17. The van der Waals surface area contributed by atoms with Crippen LogP contribution in [0.25, 0.3) is 0 Å². The first kappa shape index (κ1) is 13.9. The van der Waals surface area contributed by atoms with E-state index in [1.54, 1.807) is 0 Å². The molecule has 3 heterocycles. The van der Waals surface area contributed by atoms with Crippen molar-refractivity contribution >= 4 is 5.82 Å². The van der Waals surface area contributed by atoms with Crippen LogP contribution in [-0.4, -0.2) is 35.6 Å². The van der Waals surface area contributed by atoms with Gasteiger partial charge >= 0.3 is 0 Å². The number of likely N-dealkylation sites (tertiary alicyclic amines) is 1. The Morgan fingerprint density at radius 2 is 1.85 bits per heavy atom. The summed E-state index contributed by atoms with van der Waals surface area (Å²) < 4.78 is 0. The van der Waals surface area contributed by atoms with Gasteiger partial charge in [-0.25, -0.2) is 4.98 Å². The lowest BCUT2D eigenvalue weighted by Crippen LogP contribution is -2.31. The fourth-order valence-electron chi connectivity index (χ4n) is 3.67. The second-order valence-corrected chi connectivity index (χ2v) is 6.49. The minimum absolute atomic E-state index is 0.581. The summed E-state index contributed by atoms with van der Waals surface area (Å²) >= 11 is 0. The Hall–Kier alpha value is -1.09. The van der Waals surface area contributed by atoms with Crippen LogP contribution in [-0.2, 0) is 0 Å². The topological polar surface area (TPSA) is 19.4 Å². The zero-order chi connectivity index (χ0) is 13.9. The van der Waals surface area contributed by atoms with Gasteiger partial charge in [-0.2, -0.15) is 0 Å². The number of hydrogen-bond donors (Lipinski definition) is 0. The molecule has 0 radical (unpaired) electrons. The van der Waals surface area contributed by atoms with Crippen molar-refractivity contribution in [3.63, 3.8) is 0 Å². The highest BCUT2D eigenvalue weighted by Gasteiger charge is 2.28. The zero-order valence-corrected chi connectivity index (χ0v) is 12.9. The Kier molecular flexibility index (Phi) is 4.25. The van der Waals surface area contributed by atoms with Crippen molar-refractivity contribution in [1.29, 1.82) is 0 Å². The highest BCUT2D eigenvalue weighted by Crippen LogP contribution is 2.33. The maximum Gasteiger partial charge on any atom is 0.128 e. The van der Waals surface area contributed by atoms with Gasteiger partial charge in [0.25, 0.3) is 0 Å². The molecule has 3 rings (SSSR count). The Labute approximate surface area is 123 Å². The van der Waals surface area contributed by atoms with E-state index < -0.39 is 0 Å². The summed E-state index contributed by atoms with van der Waals surface area (Å²) in [5.41, 5.74) is 1.40. The summed E-state index contributed by atoms with van der Waals surface area (Å²) in [6, 6.07) is 5.75. The van der Waals surface area contributed by atoms with E-state index in [0.717, 1.165) is 0 Å². The summed E-state index contributed by atoms with van der Waals surface area (Å²) in [7, 11) is 0. The van der Waals surface area contributed by atoms with Gasteiger partial charge in [-0.3, -0.25) is 4.90 Å². The normalized spacial score (nSPS) is 24.6. The van der Waals surface area contributed by atoms with E-state index in [2.05, 4.69) is 42.0 Å². The zero-order valence-electron chi connectivity index (χ0n) is 12.9. The lowest BCUT2D eigenvalue weighted by atomic mass is 10.1. The molecule has 3 heteroatoms. The second-order valence-electron chi connectivity index (χ2n) is 6.49. The number of hydrogen-bond acceptors (Lipinski definition) is 3. The van der Waals surface area contributed by atoms with Crippen LogP contribution in [0.3, 0.4) is 0 Å². The lowest BCUT2D eigenvalue weighted by molar-refractivity contribution is 0.205. The van der Waals surface area contributed by atoms with E-state index in [1.807, 2.05) is 0 Å². The number of anilines is 1. The highest BCUT2D eigenvalue weighted by atomic mass is 15.2. The van der Waals surface area contributed by atoms with Crippen LogP contribution in [0.4, 0.5) is 5.82 Å². The summed E-state index contributed by atoms with van der Waals surface area (Å²) in [5, 5.41) is 0. The molecule has 2 fully saturated rings. The molecular formula is C17H27N3. The highest BCUT2D eigenvalue weighted by molar-refractivity contribution is 5.40. The predicted molar refractivity (Wildman–Crippen MR) is 84.1 cm³/mol. The maximum atomic E-state index is 4.74. The minimum Gasteiger partial charge on any atom is -0.357 e. The van der Waals surface area contributed by atoms with Crippen molar-refractivity contribution in [3.8, 4) is 0 Å². The first-order valence-electron chi connectivity index (χ1n) is 8.22. The molecule has 0 spiro atoms. The van der Waals surface area contributed by atoms with Crippen LogP contribution in [0, 0.1) is 0 Å². The summed E-state index contributed by atoms with van der Waals surface area (Å²) in [4.78, 5) is 9.78. The molecule has 1 unspecified atom stereocenters. The molecule has 0 saturated carbocycles. The third kappa shape index (κ3) is 2.83. The van der Waals surface area contributed by atoms with Gasteiger partial charge in [-0.1, -0.05) is 6.07 Å².